The highest BCUT2D eigenvalue weighted by atomic mass is 32.2. The van der Waals surface area contributed by atoms with Gasteiger partial charge in [-0.2, -0.15) is 23.5 Å². The van der Waals surface area contributed by atoms with E-state index in [1.165, 1.54) is 11.8 Å². The molecule has 8 N–H and O–H groups in total. The van der Waals surface area contributed by atoms with E-state index in [4.69, 9.17) is 5.73 Å². The zero-order valence-corrected chi connectivity index (χ0v) is 45.5. The highest BCUT2D eigenvalue weighted by Gasteiger charge is 2.33. The number of amides is 6. The maximum absolute atomic E-state index is 13.9. The van der Waals surface area contributed by atoms with Crippen LogP contribution >= 0.6 is 23.5 Å². The molecule has 3 heterocycles. The van der Waals surface area contributed by atoms with E-state index in [0.29, 0.717) is 109 Å². The number of fused-ring (bicyclic) bond motifs is 2. The number of benzene rings is 1. The van der Waals surface area contributed by atoms with E-state index in [-0.39, 0.29) is 68.4 Å². The first kappa shape index (κ1) is 61.7. The summed E-state index contributed by atoms with van der Waals surface area (Å²) in [5, 5.41) is 30.4. The van der Waals surface area contributed by atoms with Crippen molar-refractivity contribution in [2.45, 2.75) is 96.1 Å². The zero-order chi connectivity index (χ0) is 54.3. The molecule has 22 nitrogen and oxygen atoms in total. The van der Waals surface area contributed by atoms with Crippen molar-refractivity contribution >= 4 is 77.2 Å². The molecule has 4 rings (SSSR count). The Morgan fingerprint density at radius 1 is 0.703 bits per heavy atom. The molecule has 2 fully saturated rings. The topological polar surface area (TPSA) is 288 Å². The van der Waals surface area contributed by atoms with Gasteiger partial charge in [-0.1, -0.05) is 52.3 Å². The summed E-state index contributed by atoms with van der Waals surface area (Å²) < 4.78 is 0. The third-order valence-corrected chi connectivity index (χ3v) is 15.6. The number of rotatable bonds is 15. The molecular weight excluding hydrogens is 995 g/mol. The lowest BCUT2D eigenvalue weighted by atomic mass is 9.96. The monoisotopic (exact) mass is 1080 g/mol. The number of nitrogens with two attached hydrogens (primary N) is 1. The Morgan fingerprint density at radius 3 is 1.77 bits per heavy atom. The van der Waals surface area contributed by atoms with Gasteiger partial charge >= 0.3 is 11.9 Å². The second kappa shape index (κ2) is 31.9. The molecule has 24 heteroatoms. The van der Waals surface area contributed by atoms with Gasteiger partial charge < -0.3 is 46.9 Å². The van der Waals surface area contributed by atoms with Gasteiger partial charge in [0.2, 0.25) is 35.4 Å². The van der Waals surface area contributed by atoms with Gasteiger partial charge in [-0.15, -0.1) is 0 Å². The molecule has 0 saturated carbocycles. The number of hydrogen-bond acceptors (Lipinski definition) is 16. The number of carbonyl (C=O) groups excluding carboxylic acids is 7. The van der Waals surface area contributed by atoms with Crippen LogP contribution in [0.1, 0.15) is 70.6 Å². The number of aliphatic carboxylic acids is 2. The second-order valence-corrected chi connectivity index (χ2v) is 22.2. The van der Waals surface area contributed by atoms with Crippen LogP contribution in [0.5, 0.6) is 0 Å². The number of aldehydes is 1. The fourth-order valence-electron chi connectivity index (χ4n) is 8.97. The lowest BCUT2D eigenvalue weighted by Gasteiger charge is -2.37. The Balaban J connectivity index is 1.46. The quantitative estimate of drug-likeness (QED) is 0.107. The molecule has 0 unspecified atom stereocenters. The van der Waals surface area contributed by atoms with E-state index in [1.807, 2.05) is 42.4 Å². The van der Waals surface area contributed by atoms with Crippen molar-refractivity contribution in [3.8, 4) is 0 Å². The molecule has 0 spiro atoms. The molecule has 3 aliphatic rings. The van der Waals surface area contributed by atoms with E-state index in [1.54, 1.807) is 28.5 Å². The first-order valence-electron chi connectivity index (χ1n) is 25.8. The van der Waals surface area contributed by atoms with E-state index < -0.39 is 59.7 Å². The molecular formula is C50H81N11O11S2. The standard InChI is InChI=1S/C50H81N11O11S2/c1-6-35(4)46-50(72)54-41(47(51)69)33-74-32-39-25-37(24-38(26-39)31-73-22-7-42(63)52-36(5)48(70)53-40(23-34(2)3)49(71)55-46)27-57-16-18-61(19-17-57)43(64)28-58-12-14-59(29-44(65)66)10-8-56(20-21-62)9-11-60(15-13-58)30-45(67)68/h21,24-26,34-36,40-41,46H,6-20,22-23,27-33H2,1-5H3,(H2,51,69)(H,52,63)(H,53,70)(H,54,72)(H,55,71)(H,65,66)(H,67,68)/t35-,36+,40-,41-,46-/m0/s1. The van der Waals surface area contributed by atoms with Crippen molar-refractivity contribution in [1.82, 2.24) is 50.7 Å². The van der Waals surface area contributed by atoms with Gasteiger partial charge in [-0.25, -0.2) is 0 Å². The largest absolute Gasteiger partial charge is 0.480 e. The minimum Gasteiger partial charge on any atom is -0.480 e. The Kier molecular flexibility index (Phi) is 26.6. The van der Waals surface area contributed by atoms with Crippen LogP contribution in [0, 0.1) is 11.8 Å². The van der Waals surface area contributed by atoms with Crippen molar-refractivity contribution in [2.24, 2.45) is 17.6 Å². The van der Waals surface area contributed by atoms with Gasteiger partial charge in [0, 0.05) is 115 Å². The number of carboxylic acid groups (broad SMARTS) is 2. The molecule has 0 radical (unpaired) electrons. The number of piperazine rings is 1. The Bertz CT molecular complexity index is 2030. The van der Waals surface area contributed by atoms with E-state index in [9.17, 15) is 53.4 Å². The van der Waals surface area contributed by atoms with Crippen molar-refractivity contribution in [3.63, 3.8) is 0 Å². The molecule has 2 saturated heterocycles. The summed E-state index contributed by atoms with van der Waals surface area (Å²) in [5.41, 5.74) is 8.90. The maximum Gasteiger partial charge on any atom is 0.317 e. The second-order valence-electron chi connectivity index (χ2n) is 20.0. The van der Waals surface area contributed by atoms with Crippen LogP contribution in [0.15, 0.2) is 18.2 Å². The molecule has 3 aliphatic heterocycles. The minimum atomic E-state index is -1.03. The average molecular weight is 1080 g/mol. The molecule has 0 aliphatic carbocycles. The van der Waals surface area contributed by atoms with Gasteiger partial charge in [0.05, 0.1) is 26.2 Å². The van der Waals surface area contributed by atoms with E-state index in [2.05, 4.69) is 44.4 Å². The summed E-state index contributed by atoms with van der Waals surface area (Å²) in [7, 11) is 0. The smallest absolute Gasteiger partial charge is 0.317 e. The SMILES string of the molecule is CC[C@H](C)[C@@H]1NC(=O)[C@H](CC(C)C)NC(=O)[C@@H](C)NC(=O)CCSCc2cc(cc(CN3CCN(C(=O)CN4CCN(CC(=O)O)CCN(CC=O)CCN(CC(=O)O)CC4)CC3)c2)CSC[C@@H](C(N)=O)NC1=O. The predicted molar refractivity (Wildman–Crippen MR) is 284 cm³/mol. The molecule has 0 aromatic heterocycles. The highest BCUT2D eigenvalue weighted by Crippen LogP contribution is 2.23. The summed E-state index contributed by atoms with van der Waals surface area (Å²) in [5.74, 6) is -3.27. The first-order valence-corrected chi connectivity index (χ1v) is 28.1. The highest BCUT2D eigenvalue weighted by molar-refractivity contribution is 7.98. The molecule has 1 aromatic rings. The number of hydrogen-bond donors (Lipinski definition) is 7. The Hall–Kier alpha value is -4.85. The molecule has 414 valence electrons. The number of nitrogens with one attached hydrogen (secondary N) is 4. The molecule has 74 heavy (non-hydrogen) atoms. The number of carbonyl (C=O) groups is 9. The van der Waals surface area contributed by atoms with Crippen LogP contribution in [-0.2, 0) is 61.2 Å². The van der Waals surface area contributed by atoms with Crippen LogP contribution in [0.2, 0.25) is 0 Å². The fourth-order valence-corrected chi connectivity index (χ4v) is 10.8. The Morgan fingerprint density at radius 2 is 1.24 bits per heavy atom. The van der Waals surface area contributed by atoms with Crippen LogP contribution in [-0.4, -0.2) is 234 Å². The zero-order valence-electron chi connectivity index (χ0n) is 43.9. The minimum absolute atomic E-state index is 0.0116. The predicted octanol–water partition coefficient (Wildman–Crippen LogP) is -0.673. The van der Waals surface area contributed by atoms with Gasteiger partial charge in [-0.05, 0) is 41.9 Å². The van der Waals surface area contributed by atoms with Gasteiger partial charge in [0.1, 0.15) is 30.5 Å². The molecule has 1 aromatic carbocycles. The lowest BCUT2D eigenvalue weighted by molar-refractivity contribution is -0.139. The van der Waals surface area contributed by atoms with Gasteiger partial charge in [0.15, 0.2) is 0 Å². The van der Waals surface area contributed by atoms with Crippen LogP contribution in [0.4, 0.5) is 0 Å². The molecule has 2 bridgehead atoms. The van der Waals surface area contributed by atoms with E-state index >= 15 is 0 Å². The number of primary amides is 1. The normalized spacial score (nSPS) is 23.8. The summed E-state index contributed by atoms with van der Waals surface area (Å²) in [4.78, 5) is 127. The third kappa shape index (κ3) is 22.2. The summed E-state index contributed by atoms with van der Waals surface area (Å²) in [6.07, 6.45) is 1.77. The van der Waals surface area contributed by atoms with Crippen molar-refractivity contribution in [2.75, 3.05) is 116 Å². The van der Waals surface area contributed by atoms with Gasteiger partial charge in [0.25, 0.3) is 0 Å². The fraction of sp³-hybridized carbons (Fsp3) is 0.700. The number of nitrogens with zero attached hydrogens (tertiary/aromatic N) is 6. The molecule has 6 amide bonds. The summed E-state index contributed by atoms with van der Waals surface area (Å²) in [6.45, 7) is 14.9. The van der Waals surface area contributed by atoms with E-state index in [0.717, 1.165) is 23.0 Å². The average Bonchev–Trinajstić information content (AvgIpc) is 3.33. The van der Waals surface area contributed by atoms with Crippen LogP contribution < -0.4 is 27.0 Å². The summed E-state index contributed by atoms with van der Waals surface area (Å²) in [6, 6.07) is 2.36. The Labute approximate surface area is 444 Å². The number of thioether (sulfide) groups is 2. The first-order chi connectivity index (χ1) is 35.2. The number of carboxylic acids is 2. The van der Waals surface area contributed by atoms with Gasteiger partial charge in [-0.3, -0.25) is 62.9 Å². The lowest BCUT2D eigenvalue weighted by Crippen LogP contribution is -2.59. The van der Waals surface area contributed by atoms with Crippen molar-refractivity contribution in [3.05, 3.63) is 34.9 Å². The maximum atomic E-state index is 13.9. The van der Waals surface area contributed by atoms with Crippen molar-refractivity contribution in [1.29, 1.82) is 0 Å². The van der Waals surface area contributed by atoms with Crippen LogP contribution in [0.25, 0.3) is 0 Å². The summed E-state index contributed by atoms with van der Waals surface area (Å²) >= 11 is 3.01. The van der Waals surface area contributed by atoms with Crippen LogP contribution in [0.3, 0.4) is 0 Å². The van der Waals surface area contributed by atoms with Crippen molar-refractivity contribution < 1.29 is 53.4 Å². The molecule has 5 atom stereocenters. The third-order valence-electron chi connectivity index (χ3n) is 13.4.